The normalized spacial score (nSPS) is 31.1. The molecule has 3 nitrogen and oxygen atoms in total. The predicted octanol–water partition coefficient (Wildman–Crippen LogP) is 2.54. The van der Waals surface area contributed by atoms with Gasteiger partial charge in [0.25, 0.3) is 0 Å². The highest BCUT2D eigenvalue weighted by Crippen LogP contribution is 2.29. The molecule has 2 fully saturated rings. The molecule has 0 bridgehead atoms. The first-order valence-electron chi connectivity index (χ1n) is 7.74. The van der Waals surface area contributed by atoms with Gasteiger partial charge in [-0.3, -0.25) is 4.79 Å². The molecule has 0 aromatic carbocycles. The summed E-state index contributed by atoms with van der Waals surface area (Å²) in [5.74, 6) is 1.25. The summed E-state index contributed by atoms with van der Waals surface area (Å²) >= 11 is 0. The zero-order chi connectivity index (χ0) is 13.0. The molecule has 0 radical (unpaired) electrons. The molecule has 0 aromatic heterocycles. The van der Waals surface area contributed by atoms with Crippen LogP contribution in [-0.2, 0) is 4.79 Å². The number of amides is 1. The fourth-order valence-corrected chi connectivity index (χ4v) is 3.64. The van der Waals surface area contributed by atoms with Gasteiger partial charge in [0.1, 0.15) is 0 Å². The lowest BCUT2D eigenvalue weighted by Crippen LogP contribution is -2.53. The zero-order valence-corrected chi connectivity index (χ0v) is 11.7. The fraction of sp³-hybridized carbons (Fsp3) is 0.933. The molecule has 1 aliphatic heterocycles. The van der Waals surface area contributed by atoms with Crippen LogP contribution in [0.25, 0.3) is 0 Å². The van der Waals surface area contributed by atoms with Gasteiger partial charge in [-0.2, -0.15) is 0 Å². The van der Waals surface area contributed by atoms with Crippen molar-refractivity contribution in [3.05, 3.63) is 0 Å². The Labute approximate surface area is 111 Å². The predicted molar refractivity (Wildman–Crippen MR) is 74.1 cm³/mol. The number of nitrogens with zero attached hydrogens (tertiary/aromatic N) is 1. The molecule has 2 atom stereocenters. The molecule has 1 aliphatic carbocycles. The van der Waals surface area contributed by atoms with Crippen LogP contribution in [0.5, 0.6) is 0 Å². The maximum atomic E-state index is 12.7. The summed E-state index contributed by atoms with van der Waals surface area (Å²) in [6, 6.07) is 0.287. The third-order valence-electron chi connectivity index (χ3n) is 4.84. The quantitative estimate of drug-likeness (QED) is 0.768. The topological polar surface area (TPSA) is 46.3 Å². The summed E-state index contributed by atoms with van der Waals surface area (Å²) in [5, 5.41) is 0. The van der Waals surface area contributed by atoms with E-state index < -0.39 is 0 Å². The smallest absolute Gasteiger partial charge is 0.225 e. The van der Waals surface area contributed by atoms with Gasteiger partial charge in [0, 0.05) is 25.0 Å². The van der Waals surface area contributed by atoms with Gasteiger partial charge in [-0.25, -0.2) is 0 Å². The third kappa shape index (κ3) is 3.05. The van der Waals surface area contributed by atoms with Crippen molar-refractivity contribution in [1.82, 2.24) is 4.90 Å². The van der Waals surface area contributed by atoms with Crippen molar-refractivity contribution in [2.45, 2.75) is 64.3 Å². The van der Waals surface area contributed by atoms with E-state index in [0.29, 0.717) is 18.4 Å². The van der Waals surface area contributed by atoms with Gasteiger partial charge in [-0.05, 0) is 31.6 Å². The maximum absolute atomic E-state index is 12.7. The number of hydrogen-bond acceptors (Lipinski definition) is 2. The number of nitrogens with two attached hydrogens (primary N) is 1. The average Bonchev–Trinajstić information content (AvgIpc) is 2.66. The molecule has 2 N–H and O–H groups in total. The number of hydrogen-bond donors (Lipinski definition) is 1. The summed E-state index contributed by atoms with van der Waals surface area (Å²) in [6.07, 6.45) is 9.63. The van der Waals surface area contributed by atoms with E-state index in [1.54, 1.807) is 0 Å². The zero-order valence-electron chi connectivity index (χ0n) is 11.7. The molecule has 3 heteroatoms. The lowest BCUT2D eigenvalue weighted by molar-refractivity contribution is -0.140. The number of piperidine rings is 1. The minimum atomic E-state index is 0.284. The summed E-state index contributed by atoms with van der Waals surface area (Å²) < 4.78 is 0. The van der Waals surface area contributed by atoms with Gasteiger partial charge < -0.3 is 10.6 Å². The minimum Gasteiger partial charge on any atom is -0.338 e. The molecule has 2 aliphatic rings. The Kier molecular flexibility index (Phi) is 5.04. The second kappa shape index (κ2) is 6.55. The van der Waals surface area contributed by atoms with Crippen molar-refractivity contribution in [3.8, 4) is 0 Å². The highest BCUT2D eigenvalue weighted by molar-refractivity contribution is 5.79. The van der Waals surface area contributed by atoms with Crippen LogP contribution in [0.15, 0.2) is 0 Å². The molecule has 18 heavy (non-hydrogen) atoms. The van der Waals surface area contributed by atoms with Gasteiger partial charge in [0.2, 0.25) is 5.91 Å². The van der Waals surface area contributed by atoms with Crippen molar-refractivity contribution in [3.63, 3.8) is 0 Å². The molecule has 1 saturated carbocycles. The van der Waals surface area contributed by atoms with E-state index in [2.05, 4.69) is 11.8 Å². The Balaban J connectivity index is 2.01. The van der Waals surface area contributed by atoms with Crippen molar-refractivity contribution in [2.75, 3.05) is 13.1 Å². The summed E-state index contributed by atoms with van der Waals surface area (Å²) in [4.78, 5) is 14.8. The average molecular weight is 252 g/mol. The Bertz CT molecular complexity index is 272. The monoisotopic (exact) mass is 252 g/mol. The van der Waals surface area contributed by atoms with E-state index in [1.807, 2.05) is 0 Å². The molecule has 104 valence electrons. The largest absolute Gasteiger partial charge is 0.338 e. The maximum Gasteiger partial charge on any atom is 0.225 e. The number of rotatable bonds is 2. The van der Waals surface area contributed by atoms with Crippen LogP contribution in [0.1, 0.15) is 58.3 Å². The number of carbonyl (C=O) groups is 1. The van der Waals surface area contributed by atoms with Crippen LogP contribution >= 0.6 is 0 Å². The summed E-state index contributed by atoms with van der Waals surface area (Å²) in [7, 11) is 0. The van der Waals surface area contributed by atoms with Gasteiger partial charge in [-0.1, -0.05) is 32.6 Å². The van der Waals surface area contributed by atoms with Crippen molar-refractivity contribution >= 4 is 5.91 Å². The third-order valence-corrected chi connectivity index (χ3v) is 4.84. The molecule has 1 saturated heterocycles. The summed E-state index contributed by atoms with van der Waals surface area (Å²) in [6.45, 7) is 3.80. The SMILES string of the molecule is C[C@H]1CCCN(C(=O)C2CCCCCC2)[C@H]1CN. The minimum absolute atomic E-state index is 0.284. The highest BCUT2D eigenvalue weighted by atomic mass is 16.2. The Morgan fingerprint density at radius 2 is 1.78 bits per heavy atom. The van der Waals surface area contributed by atoms with Crippen LogP contribution in [0.4, 0.5) is 0 Å². The van der Waals surface area contributed by atoms with E-state index >= 15 is 0 Å². The molecule has 1 heterocycles. The van der Waals surface area contributed by atoms with Gasteiger partial charge in [0.05, 0.1) is 0 Å². The van der Waals surface area contributed by atoms with Crippen LogP contribution in [-0.4, -0.2) is 29.9 Å². The molecule has 0 aromatic rings. The molecular formula is C15H28N2O. The second-order valence-electron chi connectivity index (χ2n) is 6.14. The first-order valence-corrected chi connectivity index (χ1v) is 7.74. The van der Waals surface area contributed by atoms with Crippen LogP contribution in [0, 0.1) is 11.8 Å². The van der Waals surface area contributed by atoms with Crippen molar-refractivity contribution in [2.24, 2.45) is 17.6 Å². The first kappa shape index (κ1) is 13.9. The Morgan fingerprint density at radius 3 is 2.39 bits per heavy atom. The standard InChI is InChI=1S/C15H28N2O/c1-12-7-6-10-17(14(12)11-16)15(18)13-8-4-2-3-5-9-13/h12-14H,2-11,16H2,1H3/t12-,14-/m0/s1. The molecule has 2 rings (SSSR count). The van der Waals surface area contributed by atoms with Gasteiger partial charge in [-0.15, -0.1) is 0 Å². The van der Waals surface area contributed by atoms with Crippen LogP contribution < -0.4 is 5.73 Å². The van der Waals surface area contributed by atoms with E-state index in [9.17, 15) is 4.79 Å². The van der Waals surface area contributed by atoms with E-state index in [0.717, 1.165) is 25.8 Å². The van der Waals surface area contributed by atoms with Gasteiger partial charge in [0.15, 0.2) is 0 Å². The number of likely N-dealkylation sites (tertiary alicyclic amines) is 1. The van der Waals surface area contributed by atoms with Gasteiger partial charge >= 0.3 is 0 Å². The van der Waals surface area contributed by atoms with E-state index in [1.165, 1.54) is 32.1 Å². The highest BCUT2D eigenvalue weighted by Gasteiger charge is 2.34. The van der Waals surface area contributed by atoms with E-state index in [-0.39, 0.29) is 12.0 Å². The molecule has 1 amide bonds. The number of carbonyl (C=O) groups excluding carboxylic acids is 1. The second-order valence-corrected chi connectivity index (χ2v) is 6.14. The van der Waals surface area contributed by atoms with E-state index in [4.69, 9.17) is 5.73 Å². The lowest BCUT2D eigenvalue weighted by atomic mass is 9.88. The van der Waals surface area contributed by atoms with Crippen molar-refractivity contribution < 1.29 is 4.79 Å². The Hall–Kier alpha value is -0.570. The first-order chi connectivity index (χ1) is 8.74. The lowest BCUT2D eigenvalue weighted by Gasteiger charge is -2.41. The fourth-order valence-electron chi connectivity index (χ4n) is 3.64. The summed E-state index contributed by atoms with van der Waals surface area (Å²) in [5.41, 5.74) is 5.89. The van der Waals surface area contributed by atoms with Crippen LogP contribution in [0.2, 0.25) is 0 Å². The molecular weight excluding hydrogens is 224 g/mol. The Morgan fingerprint density at radius 1 is 1.11 bits per heavy atom. The van der Waals surface area contributed by atoms with Crippen molar-refractivity contribution in [1.29, 1.82) is 0 Å². The van der Waals surface area contributed by atoms with Crippen LogP contribution in [0.3, 0.4) is 0 Å². The molecule has 0 spiro atoms. The molecule has 0 unspecified atom stereocenters.